The van der Waals surface area contributed by atoms with Crippen molar-refractivity contribution in [1.82, 2.24) is 9.97 Å². The van der Waals surface area contributed by atoms with Crippen molar-refractivity contribution >= 4 is 29.2 Å². The molecule has 1 aromatic heterocycles. The minimum Gasteiger partial charge on any atom is -0.354 e. The van der Waals surface area contributed by atoms with Crippen LogP contribution in [0.1, 0.15) is 24.0 Å². The van der Waals surface area contributed by atoms with E-state index in [0.29, 0.717) is 0 Å². The van der Waals surface area contributed by atoms with Gasteiger partial charge in [-0.05, 0) is 50.5 Å². The van der Waals surface area contributed by atoms with Gasteiger partial charge in [0, 0.05) is 42.0 Å². The first kappa shape index (κ1) is 20.4. The van der Waals surface area contributed by atoms with Crippen LogP contribution in [0.15, 0.2) is 70.8 Å². The monoisotopic (exact) mass is 418 g/mol. The average molecular weight is 419 g/mol. The summed E-state index contributed by atoms with van der Waals surface area (Å²) < 4.78 is 0. The highest BCUT2D eigenvalue weighted by Crippen LogP contribution is 2.34. The van der Waals surface area contributed by atoms with Gasteiger partial charge >= 0.3 is 0 Å². The van der Waals surface area contributed by atoms with Crippen molar-refractivity contribution in [1.29, 1.82) is 0 Å². The lowest BCUT2D eigenvalue weighted by Gasteiger charge is -2.32. The van der Waals surface area contributed by atoms with Crippen molar-refractivity contribution in [3.8, 4) is 0 Å². The summed E-state index contributed by atoms with van der Waals surface area (Å²) in [7, 11) is 0. The second-order valence-electron chi connectivity index (χ2n) is 7.67. The number of aromatic nitrogens is 2. The number of carbonyl (C=O) groups excluding carboxylic acids is 1. The molecule has 1 fully saturated rings. The molecule has 0 bridgehead atoms. The number of para-hydroxylation sites is 1. The Labute approximate surface area is 181 Å². The number of amides is 1. The maximum atomic E-state index is 12.7. The number of nitrogens with one attached hydrogen (secondary N) is 1. The van der Waals surface area contributed by atoms with Gasteiger partial charge in [0.2, 0.25) is 5.91 Å². The molecule has 0 spiro atoms. The lowest BCUT2D eigenvalue weighted by Crippen LogP contribution is -2.39. The zero-order valence-corrected chi connectivity index (χ0v) is 18.2. The average Bonchev–Trinajstić information content (AvgIpc) is 2.77. The summed E-state index contributed by atoms with van der Waals surface area (Å²) in [6.45, 7) is 5.69. The largest absolute Gasteiger partial charge is 0.354 e. The van der Waals surface area contributed by atoms with Crippen molar-refractivity contribution in [2.45, 2.75) is 36.6 Å². The highest BCUT2D eigenvalue weighted by molar-refractivity contribution is 7.99. The Kier molecular flexibility index (Phi) is 6.33. The quantitative estimate of drug-likeness (QED) is 0.625. The zero-order chi connectivity index (χ0) is 20.9. The predicted molar refractivity (Wildman–Crippen MR) is 122 cm³/mol. The van der Waals surface area contributed by atoms with Crippen LogP contribution in [0.5, 0.6) is 0 Å². The van der Waals surface area contributed by atoms with Crippen molar-refractivity contribution in [2.24, 2.45) is 5.92 Å². The van der Waals surface area contributed by atoms with Crippen LogP contribution in [-0.2, 0) is 4.79 Å². The lowest BCUT2D eigenvalue weighted by molar-refractivity contribution is -0.120. The number of anilines is 2. The minimum absolute atomic E-state index is 0.0192. The molecule has 1 aliphatic heterocycles. The van der Waals surface area contributed by atoms with Crippen LogP contribution in [0, 0.1) is 19.8 Å². The molecule has 0 aliphatic carbocycles. The van der Waals surface area contributed by atoms with Crippen LogP contribution in [0.3, 0.4) is 0 Å². The molecule has 0 saturated carbocycles. The number of hydrogen-bond donors (Lipinski definition) is 1. The molecule has 1 saturated heterocycles. The van der Waals surface area contributed by atoms with E-state index in [4.69, 9.17) is 0 Å². The molecular formula is C24H26N4OS. The van der Waals surface area contributed by atoms with E-state index < -0.39 is 0 Å². The number of piperidine rings is 1. The normalized spacial score (nSPS) is 14.5. The SMILES string of the molecule is Cc1ccc(Sc2nccnc2N2CCC(C(=O)Nc3ccccc3C)CC2)cc1. The summed E-state index contributed by atoms with van der Waals surface area (Å²) in [5.74, 6) is 1.03. The molecule has 2 heterocycles. The molecule has 5 nitrogen and oxygen atoms in total. The molecule has 3 aromatic rings. The molecule has 4 rings (SSSR count). The predicted octanol–water partition coefficient (Wildman–Crippen LogP) is 5.10. The second-order valence-corrected chi connectivity index (χ2v) is 8.73. The summed E-state index contributed by atoms with van der Waals surface area (Å²) >= 11 is 1.63. The zero-order valence-electron chi connectivity index (χ0n) is 17.3. The lowest BCUT2D eigenvalue weighted by atomic mass is 9.95. The molecule has 1 amide bonds. The summed E-state index contributed by atoms with van der Waals surface area (Å²) in [6, 6.07) is 16.3. The third-order valence-electron chi connectivity index (χ3n) is 5.45. The fourth-order valence-electron chi connectivity index (χ4n) is 3.63. The highest BCUT2D eigenvalue weighted by atomic mass is 32.2. The van der Waals surface area contributed by atoms with Gasteiger partial charge in [-0.25, -0.2) is 9.97 Å². The number of benzene rings is 2. The van der Waals surface area contributed by atoms with Crippen molar-refractivity contribution in [3.63, 3.8) is 0 Å². The molecule has 0 unspecified atom stereocenters. The summed E-state index contributed by atoms with van der Waals surface area (Å²) in [4.78, 5) is 25.3. The van der Waals surface area contributed by atoms with Gasteiger partial charge < -0.3 is 10.2 Å². The first-order valence-electron chi connectivity index (χ1n) is 10.3. The Morgan fingerprint density at radius 3 is 2.43 bits per heavy atom. The van der Waals surface area contributed by atoms with Crippen LogP contribution in [-0.4, -0.2) is 29.0 Å². The fourth-order valence-corrected chi connectivity index (χ4v) is 4.51. The van der Waals surface area contributed by atoms with Crippen LogP contribution in [0.4, 0.5) is 11.5 Å². The second kappa shape index (κ2) is 9.30. The third-order valence-corrected chi connectivity index (χ3v) is 6.44. The number of aryl methyl sites for hydroxylation is 2. The van der Waals surface area contributed by atoms with E-state index >= 15 is 0 Å². The Hall–Kier alpha value is -2.86. The van der Waals surface area contributed by atoms with Crippen LogP contribution in [0.25, 0.3) is 0 Å². The van der Waals surface area contributed by atoms with E-state index in [2.05, 4.69) is 51.4 Å². The van der Waals surface area contributed by atoms with Crippen molar-refractivity contribution in [3.05, 3.63) is 72.1 Å². The molecule has 6 heteroatoms. The number of carbonyl (C=O) groups is 1. The van der Waals surface area contributed by atoms with E-state index in [1.807, 2.05) is 31.2 Å². The van der Waals surface area contributed by atoms with E-state index in [9.17, 15) is 4.79 Å². The van der Waals surface area contributed by atoms with Gasteiger partial charge in [-0.15, -0.1) is 0 Å². The minimum atomic E-state index is 0.0192. The number of rotatable bonds is 5. The summed E-state index contributed by atoms with van der Waals surface area (Å²) in [6.07, 6.45) is 5.10. The maximum absolute atomic E-state index is 12.7. The Bertz CT molecular complexity index is 1010. The Morgan fingerprint density at radius 2 is 1.70 bits per heavy atom. The van der Waals surface area contributed by atoms with Gasteiger partial charge in [0.05, 0.1) is 0 Å². The Balaban J connectivity index is 1.40. The first-order valence-corrected chi connectivity index (χ1v) is 11.1. The molecule has 1 aliphatic rings. The van der Waals surface area contributed by atoms with E-state index in [-0.39, 0.29) is 11.8 Å². The van der Waals surface area contributed by atoms with Crippen molar-refractivity contribution < 1.29 is 4.79 Å². The van der Waals surface area contributed by atoms with Crippen LogP contribution < -0.4 is 10.2 Å². The maximum Gasteiger partial charge on any atom is 0.227 e. The van der Waals surface area contributed by atoms with Gasteiger partial charge in [-0.1, -0.05) is 47.7 Å². The van der Waals surface area contributed by atoms with Gasteiger partial charge in [0.1, 0.15) is 5.03 Å². The molecule has 1 N–H and O–H groups in total. The number of nitrogens with zero attached hydrogens (tertiary/aromatic N) is 3. The van der Waals surface area contributed by atoms with Gasteiger partial charge in [-0.3, -0.25) is 4.79 Å². The van der Waals surface area contributed by atoms with Crippen molar-refractivity contribution in [2.75, 3.05) is 23.3 Å². The Morgan fingerprint density at radius 1 is 1.00 bits per heavy atom. The molecule has 154 valence electrons. The molecule has 2 aromatic carbocycles. The first-order chi connectivity index (χ1) is 14.6. The molecule has 0 atom stereocenters. The van der Waals surface area contributed by atoms with E-state index in [1.165, 1.54) is 5.56 Å². The topological polar surface area (TPSA) is 58.1 Å². The molecule has 30 heavy (non-hydrogen) atoms. The smallest absolute Gasteiger partial charge is 0.227 e. The third kappa shape index (κ3) is 4.82. The van der Waals surface area contributed by atoms with E-state index in [0.717, 1.165) is 52.9 Å². The summed E-state index contributed by atoms with van der Waals surface area (Å²) in [5, 5.41) is 4.00. The van der Waals surface area contributed by atoms with Crippen LogP contribution in [0.2, 0.25) is 0 Å². The fraction of sp³-hybridized carbons (Fsp3) is 0.292. The van der Waals surface area contributed by atoms with E-state index in [1.54, 1.807) is 24.2 Å². The van der Waals surface area contributed by atoms with Gasteiger partial charge in [0.15, 0.2) is 5.82 Å². The van der Waals surface area contributed by atoms with Gasteiger partial charge in [0.25, 0.3) is 0 Å². The summed E-state index contributed by atoms with van der Waals surface area (Å²) in [5.41, 5.74) is 3.22. The number of hydrogen-bond acceptors (Lipinski definition) is 5. The molecule has 0 radical (unpaired) electrons. The van der Waals surface area contributed by atoms with Gasteiger partial charge in [-0.2, -0.15) is 0 Å². The highest BCUT2D eigenvalue weighted by Gasteiger charge is 2.27. The molecular weight excluding hydrogens is 392 g/mol. The standard InChI is InChI=1S/C24H26N4OS/c1-17-7-9-20(10-8-17)30-24-22(25-13-14-26-24)28-15-11-19(12-16-28)23(29)27-21-6-4-3-5-18(21)2/h3-10,13-14,19H,11-12,15-16H2,1-2H3,(H,27,29). The van der Waals surface area contributed by atoms with Crippen LogP contribution >= 0.6 is 11.8 Å².